The molecule has 1 amide bonds. The van der Waals surface area contributed by atoms with Crippen LogP contribution >= 0.6 is 11.6 Å². The first kappa shape index (κ1) is 14.4. The first-order valence-corrected chi connectivity index (χ1v) is 7.41. The molecule has 1 unspecified atom stereocenters. The zero-order chi connectivity index (χ0) is 13.7. The lowest BCUT2D eigenvalue weighted by Gasteiger charge is -2.14. The van der Waals surface area contributed by atoms with Gasteiger partial charge in [-0.05, 0) is 43.1 Å². The Kier molecular flexibility index (Phi) is 5.23. The minimum Gasteiger partial charge on any atom is -0.352 e. The molecule has 0 radical (unpaired) electrons. The summed E-state index contributed by atoms with van der Waals surface area (Å²) in [5.41, 5.74) is 1.68. The summed E-state index contributed by atoms with van der Waals surface area (Å²) < 4.78 is 0. The molecule has 4 heteroatoms. The predicted molar refractivity (Wildman–Crippen MR) is 78.6 cm³/mol. The Morgan fingerprint density at radius 2 is 2.37 bits per heavy atom. The van der Waals surface area contributed by atoms with Gasteiger partial charge in [-0.2, -0.15) is 0 Å². The largest absolute Gasteiger partial charge is 0.352 e. The first-order chi connectivity index (χ1) is 9.22. The van der Waals surface area contributed by atoms with E-state index < -0.39 is 0 Å². The number of rotatable bonds is 5. The molecule has 1 fully saturated rings. The minimum absolute atomic E-state index is 0.00177. The normalized spacial score (nSPS) is 19.6. The van der Waals surface area contributed by atoms with Gasteiger partial charge in [0, 0.05) is 24.5 Å². The third-order valence-corrected chi connectivity index (χ3v) is 4.02. The van der Waals surface area contributed by atoms with Crippen molar-refractivity contribution in [2.45, 2.75) is 19.2 Å². The third-order valence-electron chi connectivity index (χ3n) is 3.71. The molecule has 2 rings (SSSR count). The third kappa shape index (κ3) is 3.95. The maximum absolute atomic E-state index is 12.1. The molecule has 1 aromatic rings. The maximum Gasteiger partial charge on any atom is 0.251 e. The van der Waals surface area contributed by atoms with Crippen LogP contribution in [0.2, 0.25) is 0 Å². The highest BCUT2D eigenvalue weighted by Crippen LogP contribution is 2.15. The monoisotopic (exact) mass is 280 g/mol. The van der Waals surface area contributed by atoms with Gasteiger partial charge in [0.05, 0.1) is 0 Å². The number of alkyl halides is 1. The molecule has 0 saturated carbocycles. The lowest BCUT2D eigenvalue weighted by molar-refractivity contribution is 0.0947. The smallest absolute Gasteiger partial charge is 0.251 e. The van der Waals surface area contributed by atoms with Gasteiger partial charge in [0.2, 0.25) is 0 Å². The van der Waals surface area contributed by atoms with Gasteiger partial charge in [0.25, 0.3) is 5.91 Å². The van der Waals surface area contributed by atoms with E-state index in [4.69, 9.17) is 11.6 Å². The Bertz CT molecular complexity index is 436. The van der Waals surface area contributed by atoms with Crippen molar-refractivity contribution in [2.75, 3.05) is 26.2 Å². The standard InChI is InChI=1S/C15H21ClN2O/c1-2-18-7-6-13(11-18)10-17-15(19)14-5-3-4-12(8-14)9-16/h3-5,8,13H,2,6-7,9-11H2,1H3,(H,17,19). The van der Waals surface area contributed by atoms with E-state index in [0.29, 0.717) is 17.4 Å². The summed E-state index contributed by atoms with van der Waals surface area (Å²) in [6.45, 7) is 6.29. The highest BCUT2D eigenvalue weighted by Gasteiger charge is 2.21. The van der Waals surface area contributed by atoms with Crippen LogP contribution in [0.25, 0.3) is 0 Å². The molecule has 1 N–H and O–H groups in total. The second kappa shape index (κ2) is 6.92. The molecule has 104 valence electrons. The summed E-state index contributed by atoms with van der Waals surface area (Å²) in [5, 5.41) is 3.03. The molecule has 0 bridgehead atoms. The number of benzene rings is 1. The van der Waals surface area contributed by atoms with Crippen LogP contribution in [-0.2, 0) is 5.88 Å². The van der Waals surface area contributed by atoms with Crippen molar-refractivity contribution in [1.82, 2.24) is 10.2 Å². The number of halogens is 1. The number of carbonyl (C=O) groups excluding carboxylic acids is 1. The SMILES string of the molecule is CCN1CCC(CNC(=O)c2cccc(CCl)c2)C1. The Morgan fingerprint density at radius 1 is 1.53 bits per heavy atom. The Morgan fingerprint density at radius 3 is 3.05 bits per heavy atom. The van der Waals surface area contributed by atoms with Gasteiger partial charge in [-0.25, -0.2) is 0 Å². The van der Waals surface area contributed by atoms with Crippen molar-refractivity contribution >= 4 is 17.5 Å². The second-order valence-corrected chi connectivity index (χ2v) is 5.36. The molecule has 19 heavy (non-hydrogen) atoms. The van der Waals surface area contributed by atoms with Crippen molar-refractivity contribution in [2.24, 2.45) is 5.92 Å². The minimum atomic E-state index is 0.00177. The molecular weight excluding hydrogens is 260 g/mol. The molecule has 0 aliphatic carbocycles. The zero-order valence-corrected chi connectivity index (χ0v) is 12.1. The Labute approximate surface area is 119 Å². The number of hydrogen-bond acceptors (Lipinski definition) is 2. The van der Waals surface area contributed by atoms with Crippen molar-refractivity contribution in [3.8, 4) is 0 Å². The van der Waals surface area contributed by atoms with E-state index in [1.54, 1.807) is 0 Å². The molecule has 1 atom stereocenters. The van der Waals surface area contributed by atoms with Crippen LogP contribution in [0.15, 0.2) is 24.3 Å². The fraction of sp³-hybridized carbons (Fsp3) is 0.533. The number of hydrogen-bond donors (Lipinski definition) is 1. The quantitative estimate of drug-likeness (QED) is 0.841. The molecule has 1 aromatic carbocycles. The van der Waals surface area contributed by atoms with Crippen LogP contribution in [0.5, 0.6) is 0 Å². The van der Waals surface area contributed by atoms with Gasteiger partial charge in [-0.1, -0.05) is 19.1 Å². The van der Waals surface area contributed by atoms with E-state index in [0.717, 1.165) is 31.7 Å². The van der Waals surface area contributed by atoms with Crippen LogP contribution in [0.4, 0.5) is 0 Å². The van der Waals surface area contributed by atoms with Gasteiger partial charge in [-0.15, -0.1) is 11.6 Å². The maximum atomic E-state index is 12.1. The van der Waals surface area contributed by atoms with Gasteiger partial charge in [-0.3, -0.25) is 4.79 Å². The van der Waals surface area contributed by atoms with Crippen LogP contribution in [0.1, 0.15) is 29.3 Å². The molecular formula is C15H21ClN2O. The van der Waals surface area contributed by atoms with E-state index in [1.807, 2.05) is 24.3 Å². The average Bonchev–Trinajstić information content (AvgIpc) is 2.93. The number of likely N-dealkylation sites (tertiary alicyclic amines) is 1. The van der Waals surface area contributed by atoms with E-state index in [-0.39, 0.29) is 5.91 Å². The summed E-state index contributed by atoms with van der Waals surface area (Å²) in [4.78, 5) is 14.5. The Hall–Kier alpha value is -1.06. The number of amides is 1. The van der Waals surface area contributed by atoms with Crippen LogP contribution < -0.4 is 5.32 Å². The lowest BCUT2D eigenvalue weighted by atomic mass is 10.1. The highest BCUT2D eigenvalue weighted by molar-refractivity contribution is 6.17. The molecule has 1 aliphatic rings. The van der Waals surface area contributed by atoms with Crippen molar-refractivity contribution in [3.63, 3.8) is 0 Å². The molecule has 3 nitrogen and oxygen atoms in total. The number of nitrogens with one attached hydrogen (secondary N) is 1. The van der Waals surface area contributed by atoms with Crippen molar-refractivity contribution in [1.29, 1.82) is 0 Å². The summed E-state index contributed by atoms with van der Waals surface area (Å²) in [6, 6.07) is 7.49. The van der Waals surface area contributed by atoms with E-state index in [2.05, 4.69) is 17.1 Å². The number of nitrogens with zero attached hydrogens (tertiary/aromatic N) is 1. The van der Waals surface area contributed by atoms with Crippen molar-refractivity contribution in [3.05, 3.63) is 35.4 Å². The summed E-state index contributed by atoms with van der Waals surface area (Å²) in [5.74, 6) is 1.02. The van der Waals surface area contributed by atoms with Gasteiger partial charge >= 0.3 is 0 Å². The number of carbonyl (C=O) groups is 1. The van der Waals surface area contributed by atoms with Gasteiger partial charge in [0.15, 0.2) is 0 Å². The highest BCUT2D eigenvalue weighted by atomic mass is 35.5. The van der Waals surface area contributed by atoms with E-state index in [1.165, 1.54) is 6.42 Å². The fourth-order valence-electron chi connectivity index (χ4n) is 2.50. The zero-order valence-electron chi connectivity index (χ0n) is 11.4. The first-order valence-electron chi connectivity index (χ1n) is 6.88. The molecule has 0 aromatic heterocycles. The second-order valence-electron chi connectivity index (χ2n) is 5.09. The van der Waals surface area contributed by atoms with Gasteiger partial charge < -0.3 is 10.2 Å². The van der Waals surface area contributed by atoms with Gasteiger partial charge in [0.1, 0.15) is 0 Å². The van der Waals surface area contributed by atoms with Crippen molar-refractivity contribution < 1.29 is 4.79 Å². The summed E-state index contributed by atoms with van der Waals surface area (Å²) in [6.07, 6.45) is 1.18. The Balaban J connectivity index is 1.84. The molecule has 1 heterocycles. The summed E-state index contributed by atoms with van der Waals surface area (Å²) in [7, 11) is 0. The molecule has 1 aliphatic heterocycles. The lowest BCUT2D eigenvalue weighted by Crippen LogP contribution is -2.31. The fourth-order valence-corrected chi connectivity index (χ4v) is 2.67. The topological polar surface area (TPSA) is 32.3 Å². The van der Waals surface area contributed by atoms with E-state index >= 15 is 0 Å². The predicted octanol–water partition coefficient (Wildman–Crippen LogP) is 2.50. The van der Waals surface area contributed by atoms with E-state index in [9.17, 15) is 4.79 Å². The average molecular weight is 281 g/mol. The van der Waals surface area contributed by atoms with Crippen LogP contribution in [-0.4, -0.2) is 37.0 Å². The molecule has 0 spiro atoms. The molecule has 1 saturated heterocycles. The van der Waals surface area contributed by atoms with Crippen LogP contribution in [0.3, 0.4) is 0 Å². The van der Waals surface area contributed by atoms with Crippen LogP contribution in [0, 0.1) is 5.92 Å². The summed E-state index contributed by atoms with van der Waals surface area (Å²) >= 11 is 5.78.